The third kappa shape index (κ3) is 7.32. The quantitative estimate of drug-likeness (QED) is 0.295. The van der Waals surface area contributed by atoms with Crippen LogP contribution in [0.2, 0.25) is 0 Å². The van der Waals surface area contributed by atoms with Gasteiger partial charge in [-0.25, -0.2) is 0 Å². The minimum atomic E-state index is 0.0535. The summed E-state index contributed by atoms with van der Waals surface area (Å²) in [5.74, 6) is 1.87. The predicted molar refractivity (Wildman–Crippen MR) is 138 cm³/mol. The Hall–Kier alpha value is -2.84. The summed E-state index contributed by atoms with van der Waals surface area (Å²) >= 11 is 1.41. The second-order valence-electron chi connectivity index (χ2n) is 8.74. The molecule has 1 saturated carbocycles. The Labute approximate surface area is 211 Å². The molecule has 0 unspecified atom stereocenters. The number of rotatable bonds is 11. The average Bonchev–Trinajstić information content (AvgIpc) is 3.09. The van der Waals surface area contributed by atoms with Gasteiger partial charge in [0.1, 0.15) is 12.4 Å². The number of para-hydroxylation sites is 1. The molecule has 186 valence electrons. The topological polar surface area (TPSA) is 78.3 Å². The van der Waals surface area contributed by atoms with Crippen LogP contribution in [0.5, 0.6) is 5.75 Å². The number of ether oxygens (including phenoxy) is 2. The number of carbonyl (C=O) groups is 1. The van der Waals surface area contributed by atoms with Crippen LogP contribution in [-0.4, -0.2) is 46.2 Å². The minimum absolute atomic E-state index is 0.0535. The van der Waals surface area contributed by atoms with E-state index in [2.05, 4.69) is 33.7 Å². The minimum Gasteiger partial charge on any atom is -0.485 e. The van der Waals surface area contributed by atoms with Crippen LogP contribution in [0.25, 0.3) is 11.1 Å². The Bertz CT molecular complexity index is 1070. The van der Waals surface area contributed by atoms with Crippen LogP contribution in [0.15, 0.2) is 59.8 Å². The maximum absolute atomic E-state index is 12.6. The third-order valence-electron chi connectivity index (χ3n) is 6.19. The highest BCUT2D eigenvalue weighted by atomic mass is 32.2. The molecule has 0 bridgehead atoms. The van der Waals surface area contributed by atoms with E-state index in [9.17, 15) is 4.79 Å². The summed E-state index contributed by atoms with van der Waals surface area (Å²) < 4.78 is 13.5. The third-order valence-corrected chi connectivity index (χ3v) is 7.16. The molecule has 1 aliphatic carbocycles. The fraction of sp³-hybridized carbons (Fsp3) is 0.444. The summed E-state index contributed by atoms with van der Waals surface area (Å²) in [5.41, 5.74) is 2.13. The molecule has 4 rings (SSSR count). The zero-order chi connectivity index (χ0) is 24.3. The lowest BCUT2D eigenvalue weighted by atomic mass is 10.1. The van der Waals surface area contributed by atoms with Crippen molar-refractivity contribution in [3.8, 4) is 16.9 Å². The molecule has 0 aliphatic heterocycles. The molecule has 0 atom stereocenters. The number of hydrogen-bond donors (Lipinski definition) is 1. The van der Waals surface area contributed by atoms with Gasteiger partial charge in [0.05, 0.1) is 12.4 Å². The molecule has 1 N–H and O–H groups in total. The number of nitrogens with zero attached hydrogens (tertiary/aromatic N) is 3. The predicted octanol–water partition coefficient (Wildman–Crippen LogP) is 5.10. The fourth-order valence-corrected chi connectivity index (χ4v) is 5.15. The van der Waals surface area contributed by atoms with E-state index in [0.717, 1.165) is 29.7 Å². The molecule has 1 aliphatic rings. The largest absolute Gasteiger partial charge is 0.485 e. The smallest absolute Gasteiger partial charge is 0.230 e. The maximum Gasteiger partial charge on any atom is 0.230 e. The normalized spacial score (nSPS) is 14.4. The Morgan fingerprint density at radius 2 is 1.77 bits per heavy atom. The molecule has 0 radical (unpaired) electrons. The summed E-state index contributed by atoms with van der Waals surface area (Å²) in [6.07, 6.45) is 7.08. The van der Waals surface area contributed by atoms with Crippen LogP contribution < -0.4 is 10.1 Å². The van der Waals surface area contributed by atoms with Crippen LogP contribution in [0.4, 0.5) is 0 Å². The molecule has 1 fully saturated rings. The van der Waals surface area contributed by atoms with E-state index in [1.165, 1.54) is 37.4 Å². The van der Waals surface area contributed by atoms with Crippen molar-refractivity contribution in [2.24, 2.45) is 0 Å². The number of nitrogens with one attached hydrogen (secondary N) is 1. The van der Waals surface area contributed by atoms with E-state index in [1.807, 2.05) is 41.0 Å². The summed E-state index contributed by atoms with van der Waals surface area (Å²) in [6.45, 7) is 1.39. The lowest BCUT2D eigenvalue weighted by Crippen LogP contribution is -2.35. The molecule has 8 heteroatoms. The summed E-state index contributed by atoms with van der Waals surface area (Å²) in [5, 5.41) is 12.6. The van der Waals surface area contributed by atoms with Crippen LogP contribution in [0.3, 0.4) is 0 Å². The number of amides is 1. The zero-order valence-corrected chi connectivity index (χ0v) is 21.1. The number of thioether (sulfide) groups is 1. The number of hydrogen-bond acceptors (Lipinski definition) is 6. The highest BCUT2D eigenvalue weighted by Crippen LogP contribution is 2.30. The number of benzene rings is 2. The molecule has 0 saturated heterocycles. The van der Waals surface area contributed by atoms with Crippen molar-refractivity contribution in [3.05, 3.63) is 60.4 Å². The van der Waals surface area contributed by atoms with Crippen molar-refractivity contribution >= 4 is 17.7 Å². The van der Waals surface area contributed by atoms with E-state index in [-0.39, 0.29) is 12.5 Å². The lowest BCUT2D eigenvalue weighted by molar-refractivity contribution is -0.119. The van der Waals surface area contributed by atoms with E-state index in [0.29, 0.717) is 35.9 Å². The Balaban J connectivity index is 1.40. The van der Waals surface area contributed by atoms with Crippen molar-refractivity contribution in [2.75, 3.05) is 19.5 Å². The van der Waals surface area contributed by atoms with E-state index < -0.39 is 0 Å². The number of carbonyl (C=O) groups excluding carboxylic acids is 1. The molecular weight excluding hydrogens is 460 g/mol. The van der Waals surface area contributed by atoms with Gasteiger partial charge in [-0.05, 0) is 24.5 Å². The van der Waals surface area contributed by atoms with Gasteiger partial charge in [0, 0.05) is 25.3 Å². The van der Waals surface area contributed by atoms with Gasteiger partial charge in [-0.15, -0.1) is 10.2 Å². The zero-order valence-electron chi connectivity index (χ0n) is 20.3. The SMILES string of the molecule is COCCn1c(COc2ccccc2-c2ccccc2)nnc1SCC(=O)NC1CCCCCC1. The Morgan fingerprint density at radius 1 is 1.03 bits per heavy atom. The summed E-state index contributed by atoms with van der Waals surface area (Å²) in [7, 11) is 1.67. The molecule has 3 aromatic rings. The van der Waals surface area contributed by atoms with E-state index in [4.69, 9.17) is 9.47 Å². The van der Waals surface area contributed by atoms with Crippen molar-refractivity contribution in [1.82, 2.24) is 20.1 Å². The average molecular weight is 495 g/mol. The molecule has 2 aromatic carbocycles. The summed E-state index contributed by atoms with van der Waals surface area (Å²) in [6, 6.07) is 18.5. The molecule has 0 spiro atoms. The van der Waals surface area contributed by atoms with Crippen molar-refractivity contribution in [3.63, 3.8) is 0 Å². The van der Waals surface area contributed by atoms with E-state index >= 15 is 0 Å². The molecule has 35 heavy (non-hydrogen) atoms. The number of methoxy groups -OCH3 is 1. The van der Waals surface area contributed by atoms with Crippen LogP contribution in [-0.2, 0) is 22.7 Å². The Morgan fingerprint density at radius 3 is 2.54 bits per heavy atom. The van der Waals surface area contributed by atoms with Gasteiger partial charge in [-0.1, -0.05) is 86.0 Å². The van der Waals surface area contributed by atoms with Crippen LogP contribution >= 0.6 is 11.8 Å². The fourth-order valence-electron chi connectivity index (χ4n) is 4.35. The highest BCUT2D eigenvalue weighted by molar-refractivity contribution is 7.99. The molecule has 1 aromatic heterocycles. The molecular formula is C27H34N4O3S. The molecule has 1 heterocycles. The first kappa shape index (κ1) is 25.3. The number of aromatic nitrogens is 3. The van der Waals surface area contributed by atoms with Gasteiger partial charge in [0.25, 0.3) is 0 Å². The first-order valence-electron chi connectivity index (χ1n) is 12.3. The second kappa shape index (κ2) is 13.3. The molecule has 1 amide bonds. The van der Waals surface area contributed by atoms with Crippen molar-refractivity contribution in [2.45, 2.75) is 62.9 Å². The highest BCUT2D eigenvalue weighted by Gasteiger charge is 2.18. The van der Waals surface area contributed by atoms with Gasteiger partial charge in [0.2, 0.25) is 5.91 Å². The standard InChI is InChI=1S/C27H34N4O3S/c1-33-18-17-31-25(19-34-24-16-10-9-15-23(24)21-11-5-4-6-12-21)29-30-27(31)35-20-26(32)28-22-13-7-2-3-8-14-22/h4-6,9-12,15-16,22H,2-3,7-8,13-14,17-20H2,1H3,(H,28,32). The van der Waals surface area contributed by atoms with Crippen LogP contribution in [0.1, 0.15) is 44.3 Å². The first-order chi connectivity index (χ1) is 17.2. The summed E-state index contributed by atoms with van der Waals surface area (Å²) in [4.78, 5) is 12.6. The van der Waals surface area contributed by atoms with Crippen molar-refractivity contribution in [1.29, 1.82) is 0 Å². The van der Waals surface area contributed by atoms with Gasteiger partial charge in [0.15, 0.2) is 11.0 Å². The Kier molecular flexibility index (Phi) is 9.60. The van der Waals surface area contributed by atoms with Gasteiger partial charge in [-0.2, -0.15) is 0 Å². The van der Waals surface area contributed by atoms with Crippen LogP contribution in [0, 0.1) is 0 Å². The second-order valence-corrected chi connectivity index (χ2v) is 9.68. The van der Waals surface area contributed by atoms with Gasteiger partial charge >= 0.3 is 0 Å². The monoisotopic (exact) mass is 494 g/mol. The lowest BCUT2D eigenvalue weighted by Gasteiger charge is -2.16. The van der Waals surface area contributed by atoms with Crippen molar-refractivity contribution < 1.29 is 14.3 Å². The maximum atomic E-state index is 12.6. The first-order valence-corrected chi connectivity index (χ1v) is 13.3. The van der Waals surface area contributed by atoms with Gasteiger partial charge in [-0.3, -0.25) is 4.79 Å². The molecule has 7 nitrogen and oxygen atoms in total. The van der Waals surface area contributed by atoms with E-state index in [1.54, 1.807) is 7.11 Å². The van der Waals surface area contributed by atoms with Gasteiger partial charge < -0.3 is 19.4 Å².